The molecule has 3 fully saturated rings. The molecule has 0 aromatic rings. The summed E-state index contributed by atoms with van der Waals surface area (Å²) in [7, 11) is 0. The van der Waals surface area contributed by atoms with E-state index in [9.17, 15) is 56.2 Å². The highest BCUT2D eigenvalue weighted by atomic mass is 16.8. The third kappa shape index (κ3) is 5.37. The maximum Gasteiger partial charge on any atom is 0.187 e. The predicted molar refractivity (Wildman–Crippen MR) is 101 cm³/mol. The van der Waals surface area contributed by atoms with E-state index >= 15 is 0 Å². The first-order valence-corrected chi connectivity index (χ1v) is 10.6. The highest BCUT2D eigenvalue weighted by Crippen LogP contribution is 2.32. The Hall–Kier alpha value is -0.640. The Bertz CT molecular complexity index is 639. The van der Waals surface area contributed by atoms with Crippen LogP contribution in [0, 0.1) is 0 Å². The molecule has 0 bridgehead atoms. The quantitative estimate of drug-likeness (QED) is 0.154. The normalized spacial score (nSPS) is 52.5. The molecule has 34 heavy (non-hydrogen) atoms. The molecule has 16 heteroatoms. The number of rotatable bonds is 7. The number of hydrogen-bond donors (Lipinski definition) is 11. The van der Waals surface area contributed by atoms with Crippen LogP contribution in [0.5, 0.6) is 0 Å². The minimum Gasteiger partial charge on any atom is -0.394 e. The van der Waals surface area contributed by atoms with Gasteiger partial charge < -0.3 is 79.9 Å². The van der Waals surface area contributed by atoms with Gasteiger partial charge in [0.2, 0.25) is 0 Å². The van der Waals surface area contributed by atoms with Crippen molar-refractivity contribution >= 4 is 0 Å². The molecule has 3 heterocycles. The SMILES string of the molecule is OC[C@H]1O[C@H](O[C@H]2[C@H](O)[C@@H](CO)OC(O)[C@@H]2O)[C@H](O[C@H]2O[C@H](CO)[C@@H](O)[C@H](O)[C@H]2O)[C@@H](O)[C@H]1O. The van der Waals surface area contributed by atoms with Crippen molar-refractivity contribution in [2.24, 2.45) is 0 Å². The number of hydrogen-bond acceptors (Lipinski definition) is 16. The average Bonchev–Trinajstić information content (AvgIpc) is 2.83. The van der Waals surface area contributed by atoms with Crippen LogP contribution in [0.4, 0.5) is 0 Å². The van der Waals surface area contributed by atoms with Crippen molar-refractivity contribution in [1.29, 1.82) is 0 Å². The Morgan fingerprint density at radius 1 is 0.441 bits per heavy atom. The zero-order chi connectivity index (χ0) is 25.3. The maximum atomic E-state index is 10.6. The second kappa shape index (κ2) is 11.6. The average molecular weight is 504 g/mol. The Balaban J connectivity index is 1.84. The van der Waals surface area contributed by atoms with E-state index in [1.54, 1.807) is 0 Å². The maximum absolute atomic E-state index is 10.6. The number of aliphatic hydroxyl groups is 11. The Morgan fingerprint density at radius 2 is 0.912 bits per heavy atom. The topological polar surface area (TPSA) is 269 Å². The Morgan fingerprint density at radius 3 is 1.47 bits per heavy atom. The van der Waals surface area contributed by atoms with E-state index in [1.807, 2.05) is 0 Å². The minimum atomic E-state index is -1.89. The van der Waals surface area contributed by atoms with Crippen molar-refractivity contribution in [1.82, 2.24) is 0 Å². The number of aliphatic hydroxyl groups excluding tert-OH is 11. The molecule has 3 aliphatic heterocycles. The summed E-state index contributed by atoms with van der Waals surface area (Å²) in [5.41, 5.74) is 0. The van der Waals surface area contributed by atoms with Crippen molar-refractivity contribution in [2.75, 3.05) is 19.8 Å². The Labute approximate surface area is 192 Å². The molecule has 3 rings (SSSR count). The third-order valence-corrected chi connectivity index (χ3v) is 6.10. The molecule has 0 aliphatic carbocycles. The predicted octanol–water partition coefficient (Wildman–Crippen LogP) is -7.57. The van der Waals surface area contributed by atoms with Crippen molar-refractivity contribution in [2.45, 2.75) is 92.1 Å². The summed E-state index contributed by atoms with van der Waals surface area (Å²) in [5, 5.41) is 110. The van der Waals surface area contributed by atoms with Crippen LogP contribution in [0.2, 0.25) is 0 Å². The third-order valence-electron chi connectivity index (χ3n) is 6.10. The van der Waals surface area contributed by atoms with Gasteiger partial charge in [-0.15, -0.1) is 0 Å². The molecule has 0 amide bonds. The largest absolute Gasteiger partial charge is 0.394 e. The van der Waals surface area contributed by atoms with Crippen LogP contribution in [-0.4, -0.2) is 168 Å². The van der Waals surface area contributed by atoms with Crippen LogP contribution in [0.15, 0.2) is 0 Å². The molecule has 0 aromatic heterocycles. The van der Waals surface area contributed by atoms with Gasteiger partial charge in [-0.05, 0) is 0 Å². The zero-order valence-corrected chi connectivity index (χ0v) is 17.7. The second-order valence-corrected chi connectivity index (χ2v) is 8.33. The van der Waals surface area contributed by atoms with Gasteiger partial charge in [0, 0.05) is 0 Å². The lowest BCUT2D eigenvalue weighted by molar-refractivity contribution is -0.387. The van der Waals surface area contributed by atoms with Gasteiger partial charge in [-0.3, -0.25) is 0 Å². The van der Waals surface area contributed by atoms with Gasteiger partial charge in [-0.1, -0.05) is 0 Å². The molecule has 16 nitrogen and oxygen atoms in total. The van der Waals surface area contributed by atoms with Gasteiger partial charge in [0.1, 0.15) is 73.2 Å². The van der Waals surface area contributed by atoms with E-state index < -0.39 is 112 Å². The van der Waals surface area contributed by atoms with E-state index in [2.05, 4.69) is 0 Å². The first-order chi connectivity index (χ1) is 16.0. The van der Waals surface area contributed by atoms with Gasteiger partial charge in [0.15, 0.2) is 18.9 Å². The number of ether oxygens (including phenoxy) is 5. The molecule has 1 unspecified atom stereocenters. The molecule has 0 aromatic carbocycles. The van der Waals surface area contributed by atoms with Gasteiger partial charge in [0.25, 0.3) is 0 Å². The molecular formula is C18H32O16. The van der Waals surface area contributed by atoms with Gasteiger partial charge in [-0.2, -0.15) is 0 Å². The van der Waals surface area contributed by atoms with Crippen molar-refractivity contribution in [3.63, 3.8) is 0 Å². The van der Waals surface area contributed by atoms with Crippen LogP contribution in [-0.2, 0) is 23.7 Å². The first-order valence-electron chi connectivity index (χ1n) is 10.6. The fourth-order valence-corrected chi connectivity index (χ4v) is 4.03. The molecule has 3 aliphatic rings. The van der Waals surface area contributed by atoms with Crippen LogP contribution in [0.1, 0.15) is 0 Å². The van der Waals surface area contributed by atoms with Crippen LogP contribution in [0.25, 0.3) is 0 Å². The van der Waals surface area contributed by atoms with Gasteiger partial charge in [0.05, 0.1) is 19.8 Å². The molecule has 200 valence electrons. The monoisotopic (exact) mass is 504 g/mol. The molecular weight excluding hydrogens is 472 g/mol. The lowest BCUT2D eigenvalue weighted by Gasteiger charge is -2.48. The van der Waals surface area contributed by atoms with E-state index in [1.165, 1.54) is 0 Å². The van der Waals surface area contributed by atoms with Crippen molar-refractivity contribution in [3.05, 3.63) is 0 Å². The Kier molecular flexibility index (Phi) is 9.54. The fraction of sp³-hybridized carbons (Fsp3) is 1.00. The highest BCUT2D eigenvalue weighted by molar-refractivity contribution is 4.96. The molecule has 3 saturated heterocycles. The zero-order valence-electron chi connectivity index (χ0n) is 17.7. The smallest absolute Gasteiger partial charge is 0.187 e. The highest BCUT2D eigenvalue weighted by Gasteiger charge is 2.53. The standard InChI is InChI=1S/C18H32O16/c19-1-4-7(22)10(25)12(27)17(31-4)34-15-11(26)8(23)5(2-20)32-18(15)33-14-9(24)6(3-21)30-16(29)13(14)28/h4-29H,1-3H2/t4-,5-,6-,7-,8+,9-,10+,11+,12-,13-,14+,15-,16?,17-,18-/m1/s1. The minimum absolute atomic E-state index is 0.762. The first kappa shape index (κ1) is 27.9. The van der Waals surface area contributed by atoms with Crippen LogP contribution >= 0.6 is 0 Å². The van der Waals surface area contributed by atoms with Crippen molar-refractivity contribution in [3.8, 4) is 0 Å². The summed E-state index contributed by atoms with van der Waals surface area (Å²) < 4.78 is 26.5. The summed E-state index contributed by atoms with van der Waals surface area (Å²) in [4.78, 5) is 0. The molecule has 0 saturated carbocycles. The molecule has 11 N–H and O–H groups in total. The van der Waals surface area contributed by atoms with Gasteiger partial charge >= 0.3 is 0 Å². The second-order valence-electron chi connectivity index (χ2n) is 8.33. The molecule has 0 spiro atoms. The fourth-order valence-electron chi connectivity index (χ4n) is 4.03. The summed E-state index contributed by atoms with van der Waals surface area (Å²) in [6.07, 6.45) is -25.7. The summed E-state index contributed by atoms with van der Waals surface area (Å²) in [5.74, 6) is 0. The summed E-state index contributed by atoms with van der Waals surface area (Å²) in [6.45, 7) is -2.34. The molecule has 0 radical (unpaired) electrons. The lowest BCUT2D eigenvalue weighted by atomic mass is 9.96. The van der Waals surface area contributed by atoms with Gasteiger partial charge in [-0.25, -0.2) is 0 Å². The van der Waals surface area contributed by atoms with E-state index in [0.717, 1.165) is 0 Å². The van der Waals surface area contributed by atoms with Crippen LogP contribution < -0.4 is 0 Å². The van der Waals surface area contributed by atoms with Crippen molar-refractivity contribution < 1.29 is 79.9 Å². The van der Waals surface area contributed by atoms with E-state index in [-0.39, 0.29) is 0 Å². The molecule has 15 atom stereocenters. The summed E-state index contributed by atoms with van der Waals surface area (Å²) in [6, 6.07) is 0. The lowest BCUT2D eigenvalue weighted by Crippen LogP contribution is -2.67. The van der Waals surface area contributed by atoms with Crippen LogP contribution in [0.3, 0.4) is 0 Å². The van der Waals surface area contributed by atoms with E-state index in [0.29, 0.717) is 0 Å². The summed E-state index contributed by atoms with van der Waals surface area (Å²) >= 11 is 0. The van der Waals surface area contributed by atoms with E-state index in [4.69, 9.17) is 23.7 Å².